The molecule has 4 nitrogen and oxygen atoms in total. The minimum atomic E-state index is -0.980. The maximum Gasteiger partial charge on any atom is 0.341 e. The highest BCUT2D eigenvalue weighted by Gasteiger charge is 2.00. The Balaban J connectivity index is 2.71. The van der Waals surface area contributed by atoms with Crippen molar-refractivity contribution in [1.82, 2.24) is 4.98 Å². The summed E-state index contributed by atoms with van der Waals surface area (Å²) in [7, 11) is 0. The summed E-state index contributed by atoms with van der Waals surface area (Å²) in [5.74, 6) is -0.431. The van der Waals surface area contributed by atoms with Crippen LogP contribution in [0.1, 0.15) is 11.4 Å². The number of aliphatic carboxylic acids is 1. The summed E-state index contributed by atoms with van der Waals surface area (Å²) < 4.78 is 4.99. The Morgan fingerprint density at radius 3 is 2.46 bits per heavy atom. The van der Waals surface area contributed by atoms with Crippen LogP contribution >= 0.6 is 0 Å². The minimum Gasteiger partial charge on any atom is -0.482 e. The van der Waals surface area contributed by atoms with Crippen LogP contribution in [-0.2, 0) is 4.79 Å². The van der Waals surface area contributed by atoms with E-state index in [2.05, 4.69) is 4.98 Å². The number of ether oxygens (including phenoxy) is 1. The lowest BCUT2D eigenvalue weighted by molar-refractivity contribution is -0.139. The highest BCUT2D eigenvalue weighted by molar-refractivity contribution is 5.68. The standard InChI is InChI=1S/C9H11NO3/c1-6-3-8(4-7(2)10-6)13-5-9(11)12/h3-4H,5H2,1-2H3,(H,11,12). The molecule has 0 aliphatic heterocycles. The van der Waals surface area contributed by atoms with Crippen molar-refractivity contribution in [3.63, 3.8) is 0 Å². The van der Waals surface area contributed by atoms with E-state index in [9.17, 15) is 4.79 Å². The third kappa shape index (κ3) is 3.11. The second-order valence-corrected chi connectivity index (χ2v) is 2.77. The van der Waals surface area contributed by atoms with Crippen molar-refractivity contribution in [3.8, 4) is 5.75 Å². The van der Waals surface area contributed by atoms with E-state index in [1.165, 1.54) is 0 Å². The zero-order valence-corrected chi connectivity index (χ0v) is 7.57. The van der Waals surface area contributed by atoms with Gasteiger partial charge in [0.1, 0.15) is 5.75 Å². The summed E-state index contributed by atoms with van der Waals surface area (Å²) in [5.41, 5.74) is 1.64. The lowest BCUT2D eigenvalue weighted by Gasteiger charge is -2.04. The number of carbonyl (C=O) groups is 1. The van der Waals surface area contributed by atoms with Crippen LogP contribution in [0, 0.1) is 13.8 Å². The second kappa shape index (κ2) is 3.89. The molecule has 0 saturated carbocycles. The zero-order valence-electron chi connectivity index (χ0n) is 7.57. The van der Waals surface area contributed by atoms with Crippen molar-refractivity contribution in [2.45, 2.75) is 13.8 Å². The summed E-state index contributed by atoms with van der Waals surface area (Å²) in [6, 6.07) is 3.41. The average molecular weight is 181 g/mol. The van der Waals surface area contributed by atoms with Crippen molar-refractivity contribution < 1.29 is 14.6 Å². The van der Waals surface area contributed by atoms with Gasteiger partial charge in [0.25, 0.3) is 0 Å². The lowest BCUT2D eigenvalue weighted by Crippen LogP contribution is -2.09. The van der Waals surface area contributed by atoms with Gasteiger partial charge in [-0.2, -0.15) is 0 Å². The van der Waals surface area contributed by atoms with Crippen molar-refractivity contribution in [2.24, 2.45) is 0 Å². The Kier molecular flexibility index (Phi) is 2.84. The Morgan fingerprint density at radius 2 is 2.00 bits per heavy atom. The van der Waals surface area contributed by atoms with Gasteiger partial charge < -0.3 is 9.84 Å². The first-order chi connectivity index (χ1) is 6.08. The highest BCUT2D eigenvalue weighted by Crippen LogP contribution is 2.12. The van der Waals surface area contributed by atoms with Crippen molar-refractivity contribution in [1.29, 1.82) is 0 Å². The molecule has 0 bridgehead atoms. The zero-order chi connectivity index (χ0) is 9.84. The number of carboxylic acid groups (broad SMARTS) is 1. The van der Waals surface area contributed by atoms with Gasteiger partial charge in [0, 0.05) is 23.5 Å². The number of aromatic nitrogens is 1. The van der Waals surface area contributed by atoms with Crippen LogP contribution in [-0.4, -0.2) is 22.7 Å². The van der Waals surface area contributed by atoms with E-state index in [1.54, 1.807) is 12.1 Å². The number of hydrogen-bond acceptors (Lipinski definition) is 3. The molecule has 0 amide bonds. The predicted molar refractivity (Wildman–Crippen MR) is 46.8 cm³/mol. The number of nitrogens with zero attached hydrogens (tertiary/aromatic N) is 1. The molecule has 13 heavy (non-hydrogen) atoms. The number of aryl methyl sites for hydroxylation is 2. The van der Waals surface area contributed by atoms with E-state index >= 15 is 0 Å². The molecule has 1 aromatic rings. The van der Waals surface area contributed by atoms with Gasteiger partial charge in [-0.15, -0.1) is 0 Å². The average Bonchev–Trinajstić information content (AvgIpc) is 1.99. The molecule has 1 heterocycles. The molecule has 0 fully saturated rings. The van der Waals surface area contributed by atoms with Crippen LogP contribution in [0.2, 0.25) is 0 Å². The molecule has 0 aliphatic rings. The molecule has 4 heteroatoms. The predicted octanol–water partition coefficient (Wildman–Crippen LogP) is 1.16. The fraction of sp³-hybridized carbons (Fsp3) is 0.333. The summed E-state index contributed by atoms with van der Waals surface area (Å²) in [5, 5.41) is 8.37. The smallest absolute Gasteiger partial charge is 0.341 e. The molecule has 0 aromatic carbocycles. The van der Waals surface area contributed by atoms with Crippen LogP contribution in [0.15, 0.2) is 12.1 Å². The molecule has 1 aromatic heterocycles. The van der Waals surface area contributed by atoms with Gasteiger partial charge in [0.15, 0.2) is 6.61 Å². The lowest BCUT2D eigenvalue weighted by atomic mass is 10.3. The topological polar surface area (TPSA) is 59.4 Å². The summed E-state index contributed by atoms with van der Waals surface area (Å²) in [6.07, 6.45) is 0. The number of carboxylic acids is 1. The SMILES string of the molecule is Cc1cc(OCC(=O)O)cc(C)n1. The summed E-state index contributed by atoms with van der Waals surface area (Å²) in [4.78, 5) is 14.3. The first kappa shape index (κ1) is 9.51. The van der Waals surface area contributed by atoms with Gasteiger partial charge >= 0.3 is 5.97 Å². The Labute approximate surface area is 76.2 Å². The normalized spacial score (nSPS) is 9.69. The van der Waals surface area contributed by atoms with Crippen LogP contribution in [0.4, 0.5) is 0 Å². The fourth-order valence-electron chi connectivity index (χ4n) is 1.02. The molecule has 0 aliphatic carbocycles. The molecular weight excluding hydrogens is 170 g/mol. The van der Waals surface area contributed by atoms with Gasteiger partial charge in [-0.25, -0.2) is 4.79 Å². The van der Waals surface area contributed by atoms with Gasteiger partial charge in [-0.1, -0.05) is 0 Å². The van der Waals surface area contributed by atoms with Gasteiger partial charge in [0.05, 0.1) is 0 Å². The monoisotopic (exact) mass is 181 g/mol. The van der Waals surface area contributed by atoms with Crippen LogP contribution in [0.25, 0.3) is 0 Å². The molecule has 1 N–H and O–H groups in total. The number of rotatable bonds is 3. The minimum absolute atomic E-state index is 0.317. The Hall–Kier alpha value is -1.58. The molecule has 1 rings (SSSR count). The van der Waals surface area contributed by atoms with Crippen LogP contribution in [0.5, 0.6) is 5.75 Å². The van der Waals surface area contributed by atoms with Crippen molar-refractivity contribution in [2.75, 3.05) is 6.61 Å². The molecule has 0 radical (unpaired) electrons. The third-order valence-corrected chi connectivity index (χ3v) is 1.42. The van der Waals surface area contributed by atoms with Crippen LogP contribution < -0.4 is 4.74 Å². The maximum absolute atomic E-state index is 10.2. The molecule has 0 spiro atoms. The van der Waals surface area contributed by atoms with Gasteiger partial charge in [0.2, 0.25) is 0 Å². The van der Waals surface area contributed by atoms with E-state index in [0.717, 1.165) is 11.4 Å². The van der Waals surface area contributed by atoms with Gasteiger partial charge in [-0.3, -0.25) is 4.98 Å². The van der Waals surface area contributed by atoms with Crippen molar-refractivity contribution >= 4 is 5.97 Å². The van der Waals surface area contributed by atoms with E-state index in [4.69, 9.17) is 9.84 Å². The maximum atomic E-state index is 10.2. The van der Waals surface area contributed by atoms with E-state index < -0.39 is 5.97 Å². The quantitative estimate of drug-likeness (QED) is 0.760. The number of pyridine rings is 1. The highest BCUT2D eigenvalue weighted by atomic mass is 16.5. The molecule has 70 valence electrons. The molecular formula is C9H11NO3. The Morgan fingerprint density at radius 1 is 1.46 bits per heavy atom. The van der Waals surface area contributed by atoms with Crippen molar-refractivity contribution in [3.05, 3.63) is 23.5 Å². The van der Waals surface area contributed by atoms with Gasteiger partial charge in [-0.05, 0) is 13.8 Å². The van der Waals surface area contributed by atoms with E-state index in [1.807, 2.05) is 13.8 Å². The first-order valence-corrected chi connectivity index (χ1v) is 3.88. The van der Waals surface area contributed by atoms with E-state index in [-0.39, 0.29) is 6.61 Å². The third-order valence-electron chi connectivity index (χ3n) is 1.42. The first-order valence-electron chi connectivity index (χ1n) is 3.88. The molecule has 0 unspecified atom stereocenters. The fourth-order valence-corrected chi connectivity index (χ4v) is 1.02. The van der Waals surface area contributed by atoms with Crippen LogP contribution in [0.3, 0.4) is 0 Å². The largest absolute Gasteiger partial charge is 0.482 e. The second-order valence-electron chi connectivity index (χ2n) is 2.77. The summed E-state index contributed by atoms with van der Waals surface area (Å²) >= 11 is 0. The Bertz CT molecular complexity index is 302. The molecule has 0 saturated heterocycles. The van der Waals surface area contributed by atoms with E-state index in [0.29, 0.717) is 5.75 Å². The number of hydrogen-bond donors (Lipinski definition) is 1. The molecule has 0 atom stereocenters. The summed E-state index contributed by atoms with van der Waals surface area (Å²) in [6.45, 7) is 3.35.